The largest absolute Gasteiger partial charge is 0.503 e. The van der Waals surface area contributed by atoms with E-state index in [1.165, 1.54) is 0 Å². The minimum Gasteiger partial charge on any atom is -0.364 e. The van der Waals surface area contributed by atoms with Crippen LogP contribution in [0.2, 0.25) is 0 Å². The van der Waals surface area contributed by atoms with Crippen molar-refractivity contribution < 1.29 is 19.1 Å². The van der Waals surface area contributed by atoms with Crippen LogP contribution in [0.25, 0.3) is 0 Å². The normalized spacial score (nSPS) is 54.7. The second kappa shape index (κ2) is 2.15. The van der Waals surface area contributed by atoms with Crippen molar-refractivity contribution in [2.45, 2.75) is 12.2 Å². The molecule has 78 valence electrons. The van der Waals surface area contributed by atoms with Crippen molar-refractivity contribution in [3.8, 4) is 0 Å². The molecule has 3 fully saturated rings. The minimum absolute atomic E-state index is 0.130. The summed E-state index contributed by atoms with van der Waals surface area (Å²) in [4.78, 5) is 21.8. The average molecular weight is 225 g/mol. The third kappa shape index (κ3) is 0.584. The first-order chi connectivity index (χ1) is 7.22. The van der Waals surface area contributed by atoms with Crippen LogP contribution in [-0.4, -0.2) is 40.4 Å². The molecular formula is C10H9O4S+. The van der Waals surface area contributed by atoms with Crippen LogP contribution in [0.1, 0.15) is 0 Å². The SMILES string of the molecule is O=C1OC(=[OH+])C23CSCC12C1C=CC3O1. The lowest BCUT2D eigenvalue weighted by atomic mass is 9.61. The number of carbonyl (C=O) groups excluding carboxylic acids is 2. The van der Waals surface area contributed by atoms with Crippen molar-refractivity contribution in [1.82, 2.24) is 0 Å². The number of fused-ring (bicyclic) bond motifs is 2. The van der Waals surface area contributed by atoms with Gasteiger partial charge in [-0.2, -0.15) is 11.8 Å². The molecule has 0 aromatic heterocycles. The lowest BCUT2D eigenvalue weighted by molar-refractivity contribution is -0.144. The van der Waals surface area contributed by atoms with E-state index in [1.54, 1.807) is 11.8 Å². The van der Waals surface area contributed by atoms with Gasteiger partial charge in [-0.15, -0.1) is 0 Å². The average Bonchev–Trinajstić information content (AvgIpc) is 2.89. The Morgan fingerprint density at radius 3 is 2.73 bits per heavy atom. The highest BCUT2D eigenvalue weighted by Gasteiger charge is 2.87. The zero-order valence-electron chi connectivity index (χ0n) is 7.80. The molecule has 1 N–H and O–H groups in total. The summed E-state index contributed by atoms with van der Waals surface area (Å²) in [7, 11) is 0. The fourth-order valence-electron chi connectivity index (χ4n) is 3.32. The Morgan fingerprint density at radius 2 is 2.00 bits per heavy atom. The van der Waals surface area contributed by atoms with E-state index >= 15 is 0 Å². The van der Waals surface area contributed by atoms with Crippen molar-refractivity contribution in [3.63, 3.8) is 0 Å². The number of cyclic esters (lactones) is 2. The van der Waals surface area contributed by atoms with Gasteiger partial charge in [0.1, 0.15) is 6.10 Å². The summed E-state index contributed by atoms with van der Waals surface area (Å²) >= 11 is 1.69. The fraction of sp³-hybridized carbons (Fsp3) is 0.600. The maximum Gasteiger partial charge on any atom is 0.503 e. The summed E-state index contributed by atoms with van der Waals surface area (Å²) in [5, 5.41) is 0. The lowest BCUT2D eigenvalue weighted by Crippen LogP contribution is -2.50. The number of esters is 2. The van der Waals surface area contributed by atoms with Crippen LogP contribution < -0.4 is 0 Å². The second-order valence-electron chi connectivity index (χ2n) is 4.49. The van der Waals surface area contributed by atoms with E-state index < -0.39 is 10.8 Å². The molecule has 4 heterocycles. The van der Waals surface area contributed by atoms with Gasteiger partial charge in [0.25, 0.3) is 0 Å². The van der Waals surface area contributed by atoms with Crippen LogP contribution in [-0.2, 0) is 14.3 Å². The van der Waals surface area contributed by atoms with Gasteiger partial charge in [0, 0.05) is 11.5 Å². The highest BCUT2D eigenvalue weighted by Crippen LogP contribution is 2.67. The quantitative estimate of drug-likeness (QED) is 0.254. The molecule has 4 aliphatic rings. The van der Waals surface area contributed by atoms with E-state index in [-0.39, 0.29) is 24.1 Å². The molecule has 0 aromatic rings. The first-order valence-electron chi connectivity index (χ1n) is 4.92. The molecule has 0 aliphatic carbocycles. The van der Waals surface area contributed by atoms with E-state index in [0.29, 0.717) is 11.5 Å². The Balaban J connectivity index is 2.05. The van der Waals surface area contributed by atoms with Gasteiger partial charge < -0.3 is 9.53 Å². The maximum atomic E-state index is 11.9. The molecule has 0 radical (unpaired) electrons. The Kier molecular flexibility index (Phi) is 1.20. The third-order valence-electron chi connectivity index (χ3n) is 4.12. The van der Waals surface area contributed by atoms with Gasteiger partial charge >= 0.3 is 11.9 Å². The number of ether oxygens (including phenoxy) is 2. The van der Waals surface area contributed by atoms with Crippen LogP contribution in [0.4, 0.5) is 0 Å². The standard InChI is InChI=1S/C10H8O4S/c11-7-9-3-15-4-10(9,8(12)14-7)6-2-1-5(9)13-6/h1-2,5-6H,3-4H2/p+1. The van der Waals surface area contributed by atoms with Crippen LogP contribution >= 0.6 is 11.8 Å². The van der Waals surface area contributed by atoms with Crippen molar-refractivity contribution >= 4 is 23.7 Å². The van der Waals surface area contributed by atoms with Gasteiger partial charge in [-0.25, -0.2) is 9.53 Å². The molecule has 0 saturated carbocycles. The molecule has 0 aromatic carbocycles. The highest BCUT2D eigenvalue weighted by molar-refractivity contribution is 7.99. The highest BCUT2D eigenvalue weighted by atomic mass is 32.2. The Labute approximate surface area is 90.0 Å². The second-order valence-corrected chi connectivity index (χ2v) is 5.48. The summed E-state index contributed by atoms with van der Waals surface area (Å²) in [5.74, 6) is 0.938. The fourth-order valence-corrected chi connectivity index (χ4v) is 5.15. The summed E-state index contributed by atoms with van der Waals surface area (Å²) in [5.41, 5.74) is -1.25. The Morgan fingerprint density at radius 1 is 1.33 bits per heavy atom. The van der Waals surface area contributed by atoms with Crippen LogP contribution in [0.5, 0.6) is 0 Å². The molecule has 0 amide bonds. The number of hydrogen-bond acceptors (Lipinski definition) is 4. The van der Waals surface area contributed by atoms with Crippen LogP contribution in [0.15, 0.2) is 12.2 Å². The van der Waals surface area contributed by atoms with E-state index in [9.17, 15) is 9.59 Å². The first-order valence-corrected chi connectivity index (χ1v) is 6.07. The molecule has 4 unspecified atom stereocenters. The van der Waals surface area contributed by atoms with Crippen molar-refractivity contribution in [1.29, 1.82) is 0 Å². The van der Waals surface area contributed by atoms with Gasteiger partial charge in [0.2, 0.25) is 0 Å². The zero-order chi connectivity index (χ0) is 10.3. The number of carbonyl (C=O) groups is 1. The summed E-state index contributed by atoms with van der Waals surface area (Å²) in [6, 6.07) is 0. The molecule has 4 aliphatic heterocycles. The van der Waals surface area contributed by atoms with Crippen LogP contribution in [0, 0.1) is 10.8 Å². The monoisotopic (exact) mass is 225 g/mol. The molecule has 15 heavy (non-hydrogen) atoms. The molecule has 4 rings (SSSR count). The minimum atomic E-state index is -0.652. The van der Waals surface area contributed by atoms with Crippen molar-refractivity contribution in [3.05, 3.63) is 12.2 Å². The van der Waals surface area contributed by atoms with E-state index in [4.69, 9.17) is 9.47 Å². The summed E-state index contributed by atoms with van der Waals surface area (Å²) < 4.78 is 10.7. The Hall–Kier alpha value is -0.810. The first kappa shape index (κ1) is 8.35. The van der Waals surface area contributed by atoms with E-state index in [1.807, 2.05) is 12.2 Å². The molecule has 4 atom stereocenters. The molecule has 5 heteroatoms. The van der Waals surface area contributed by atoms with Gasteiger partial charge in [0.05, 0.1) is 6.10 Å². The molecule has 3 saturated heterocycles. The molecular weight excluding hydrogens is 216 g/mol. The third-order valence-corrected chi connectivity index (χ3v) is 5.44. The van der Waals surface area contributed by atoms with E-state index in [0.717, 1.165) is 0 Å². The number of thioether (sulfide) groups is 1. The summed E-state index contributed by atoms with van der Waals surface area (Å²) in [6.45, 7) is 0. The van der Waals surface area contributed by atoms with Crippen molar-refractivity contribution in [2.24, 2.45) is 10.8 Å². The van der Waals surface area contributed by atoms with Gasteiger partial charge in [-0.3, -0.25) is 0 Å². The number of hydrogen-bond donors (Lipinski definition) is 0. The maximum absolute atomic E-state index is 11.9. The zero-order valence-corrected chi connectivity index (χ0v) is 8.62. The van der Waals surface area contributed by atoms with E-state index in [2.05, 4.69) is 0 Å². The topological polar surface area (TPSA) is 56.9 Å². The van der Waals surface area contributed by atoms with Gasteiger partial charge in [-0.1, -0.05) is 12.2 Å². The predicted molar refractivity (Wildman–Crippen MR) is 53.0 cm³/mol. The van der Waals surface area contributed by atoms with Gasteiger partial charge in [0.15, 0.2) is 10.8 Å². The smallest absolute Gasteiger partial charge is 0.364 e. The predicted octanol–water partition coefficient (Wildman–Crippen LogP) is 0.102. The molecule has 4 nitrogen and oxygen atoms in total. The van der Waals surface area contributed by atoms with Crippen LogP contribution in [0.3, 0.4) is 0 Å². The molecule has 0 spiro atoms. The van der Waals surface area contributed by atoms with Gasteiger partial charge in [-0.05, 0) is 0 Å². The number of rotatable bonds is 0. The lowest BCUT2D eigenvalue weighted by Gasteiger charge is -2.26. The Bertz CT molecular complexity index is 395. The van der Waals surface area contributed by atoms with Crippen molar-refractivity contribution in [2.75, 3.05) is 11.5 Å². The summed E-state index contributed by atoms with van der Waals surface area (Å²) in [6.07, 6.45) is 3.46. The molecule has 2 bridgehead atoms.